The van der Waals surface area contributed by atoms with Gasteiger partial charge in [0.25, 0.3) is 0 Å². The van der Waals surface area contributed by atoms with Crippen LogP contribution in [0.25, 0.3) is 0 Å². The maximum Gasteiger partial charge on any atom is 0.0742 e. The number of nitrogens with one attached hydrogen (secondary N) is 1. The van der Waals surface area contributed by atoms with Crippen molar-refractivity contribution in [2.75, 3.05) is 11.1 Å². The van der Waals surface area contributed by atoms with Crippen LogP contribution in [0.2, 0.25) is 5.02 Å². The van der Waals surface area contributed by atoms with Gasteiger partial charge in [0.2, 0.25) is 0 Å². The zero-order chi connectivity index (χ0) is 12.4. The molecule has 0 amide bonds. The Morgan fingerprint density at radius 3 is 2.24 bits per heavy atom. The maximum absolute atomic E-state index is 5.97. The van der Waals surface area contributed by atoms with Crippen molar-refractivity contribution in [3.05, 3.63) is 50.4 Å². The molecule has 0 saturated heterocycles. The molecule has 0 aromatic heterocycles. The molecule has 2 aromatic rings. The number of nitrogens with two attached hydrogens (primary N) is 1. The van der Waals surface area contributed by atoms with Crippen molar-refractivity contribution in [2.24, 2.45) is 0 Å². The molecular formula is C12H9Br2ClN2. The SMILES string of the molecule is Nc1c(Cl)cccc1Nc1c(Br)cccc1Br. The minimum atomic E-state index is 0.539. The van der Waals surface area contributed by atoms with Gasteiger partial charge >= 0.3 is 0 Å². The van der Waals surface area contributed by atoms with Crippen molar-refractivity contribution in [1.29, 1.82) is 0 Å². The zero-order valence-corrected chi connectivity index (χ0v) is 12.6. The van der Waals surface area contributed by atoms with Crippen molar-refractivity contribution in [2.45, 2.75) is 0 Å². The Morgan fingerprint density at radius 1 is 1.00 bits per heavy atom. The highest BCUT2D eigenvalue weighted by Gasteiger charge is 2.08. The van der Waals surface area contributed by atoms with Crippen molar-refractivity contribution in [3.8, 4) is 0 Å². The zero-order valence-electron chi connectivity index (χ0n) is 8.68. The van der Waals surface area contributed by atoms with Gasteiger partial charge in [-0.2, -0.15) is 0 Å². The molecule has 0 atom stereocenters. The Balaban J connectivity index is 2.42. The summed E-state index contributed by atoms with van der Waals surface area (Å²) < 4.78 is 1.90. The van der Waals surface area contributed by atoms with E-state index in [0.29, 0.717) is 10.7 Å². The monoisotopic (exact) mass is 374 g/mol. The number of benzene rings is 2. The maximum atomic E-state index is 5.97. The Hall–Kier alpha value is -0.710. The average molecular weight is 376 g/mol. The summed E-state index contributed by atoms with van der Waals surface area (Å²) in [7, 11) is 0. The number of halogens is 3. The second-order valence-corrected chi connectivity index (χ2v) is 5.54. The summed E-state index contributed by atoms with van der Waals surface area (Å²) in [6, 6.07) is 11.3. The molecule has 0 fully saturated rings. The van der Waals surface area contributed by atoms with E-state index in [-0.39, 0.29) is 0 Å². The first-order valence-corrected chi connectivity index (χ1v) is 6.81. The van der Waals surface area contributed by atoms with Crippen LogP contribution in [-0.4, -0.2) is 0 Å². The van der Waals surface area contributed by atoms with Crippen LogP contribution >= 0.6 is 43.5 Å². The van der Waals surface area contributed by atoms with E-state index >= 15 is 0 Å². The molecule has 3 N–H and O–H groups in total. The summed E-state index contributed by atoms with van der Waals surface area (Å²) in [6.45, 7) is 0. The van der Waals surface area contributed by atoms with Gasteiger partial charge in [-0.15, -0.1) is 0 Å². The number of hydrogen-bond donors (Lipinski definition) is 2. The number of rotatable bonds is 2. The fourth-order valence-electron chi connectivity index (χ4n) is 1.40. The molecule has 0 aliphatic heterocycles. The van der Waals surface area contributed by atoms with Crippen molar-refractivity contribution >= 4 is 60.5 Å². The Labute approximate surface area is 121 Å². The number of para-hydroxylation sites is 2. The van der Waals surface area contributed by atoms with Crippen LogP contribution in [-0.2, 0) is 0 Å². The Kier molecular flexibility index (Phi) is 3.97. The van der Waals surface area contributed by atoms with Gasteiger partial charge in [-0.1, -0.05) is 23.7 Å². The lowest BCUT2D eigenvalue weighted by Crippen LogP contribution is -1.98. The third kappa shape index (κ3) is 2.76. The van der Waals surface area contributed by atoms with Gasteiger partial charge in [-0.3, -0.25) is 0 Å². The largest absolute Gasteiger partial charge is 0.396 e. The second-order valence-electron chi connectivity index (χ2n) is 3.42. The smallest absolute Gasteiger partial charge is 0.0742 e. The quantitative estimate of drug-likeness (QED) is 0.708. The predicted octanol–water partition coefficient (Wildman–Crippen LogP) is 5.19. The van der Waals surface area contributed by atoms with Gasteiger partial charge in [-0.05, 0) is 56.1 Å². The molecule has 0 heterocycles. The molecule has 2 rings (SSSR count). The van der Waals surface area contributed by atoms with E-state index in [0.717, 1.165) is 20.3 Å². The van der Waals surface area contributed by atoms with Crippen LogP contribution in [0.3, 0.4) is 0 Å². The molecule has 2 aromatic carbocycles. The van der Waals surface area contributed by atoms with Crippen molar-refractivity contribution in [3.63, 3.8) is 0 Å². The van der Waals surface area contributed by atoms with Crippen molar-refractivity contribution in [1.82, 2.24) is 0 Å². The van der Waals surface area contributed by atoms with Gasteiger partial charge in [0.15, 0.2) is 0 Å². The summed E-state index contributed by atoms with van der Waals surface area (Å²) in [4.78, 5) is 0. The van der Waals surface area contributed by atoms with Crippen molar-refractivity contribution < 1.29 is 0 Å². The molecule has 0 aliphatic rings. The van der Waals surface area contributed by atoms with E-state index in [9.17, 15) is 0 Å². The first-order chi connectivity index (χ1) is 8.09. The second kappa shape index (κ2) is 5.29. The topological polar surface area (TPSA) is 38.0 Å². The first kappa shape index (κ1) is 12.7. The molecule has 0 bridgehead atoms. The summed E-state index contributed by atoms with van der Waals surface area (Å²) in [5, 5.41) is 3.79. The number of nitrogen functional groups attached to an aromatic ring is 1. The highest BCUT2D eigenvalue weighted by atomic mass is 79.9. The molecule has 2 nitrogen and oxygen atoms in total. The van der Waals surface area contributed by atoms with E-state index in [1.807, 2.05) is 30.3 Å². The van der Waals surface area contributed by atoms with E-state index in [1.54, 1.807) is 6.07 Å². The van der Waals surface area contributed by atoms with Gasteiger partial charge in [0.1, 0.15) is 0 Å². The van der Waals surface area contributed by atoms with Crippen LogP contribution in [0.4, 0.5) is 17.1 Å². The number of hydrogen-bond acceptors (Lipinski definition) is 2. The average Bonchev–Trinajstić information content (AvgIpc) is 2.29. The van der Waals surface area contributed by atoms with Gasteiger partial charge in [-0.25, -0.2) is 0 Å². The molecule has 5 heteroatoms. The van der Waals surface area contributed by atoms with Crippen LogP contribution in [0, 0.1) is 0 Å². The summed E-state index contributed by atoms with van der Waals surface area (Å²) in [6.07, 6.45) is 0. The minimum absolute atomic E-state index is 0.539. The molecular weight excluding hydrogens is 367 g/mol. The lowest BCUT2D eigenvalue weighted by molar-refractivity contribution is 1.50. The molecule has 0 spiro atoms. The molecule has 0 aliphatic carbocycles. The lowest BCUT2D eigenvalue weighted by atomic mass is 10.2. The van der Waals surface area contributed by atoms with Crippen LogP contribution in [0.15, 0.2) is 45.3 Å². The Morgan fingerprint density at radius 2 is 1.59 bits per heavy atom. The van der Waals surface area contributed by atoms with Gasteiger partial charge in [0, 0.05) is 8.95 Å². The highest BCUT2D eigenvalue weighted by molar-refractivity contribution is 9.11. The van der Waals surface area contributed by atoms with E-state index in [1.165, 1.54) is 0 Å². The number of anilines is 3. The van der Waals surface area contributed by atoms with Crippen LogP contribution in [0.1, 0.15) is 0 Å². The molecule has 0 radical (unpaired) electrons. The fourth-order valence-corrected chi connectivity index (χ4v) is 2.77. The highest BCUT2D eigenvalue weighted by Crippen LogP contribution is 2.36. The third-order valence-electron chi connectivity index (χ3n) is 2.28. The predicted molar refractivity (Wildman–Crippen MR) is 81.0 cm³/mol. The molecule has 0 unspecified atom stereocenters. The summed E-state index contributed by atoms with van der Waals surface area (Å²) in [5.74, 6) is 0. The minimum Gasteiger partial charge on any atom is -0.396 e. The fraction of sp³-hybridized carbons (Fsp3) is 0. The van der Waals surface area contributed by atoms with E-state index < -0.39 is 0 Å². The first-order valence-electron chi connectivity index (χ1n) is 4.84. The molecule has 0 saturated carbocycles. The molecule has 88 valence electrons. The lowest BCUT2D eigenvalue weighted by Gasteiger charge is -2.13. The van der Waals surface area contributed by atoms with E-state index in [2.05, 4.69) is 37.2 Å². The van der Waals surface area contributed by atoms with Crippen LogP contribution in [0.5, 0.6) is 0 Å². The van der Waals surface area contributed by atoms with Crippen LogP contribution < -0.4 is 11.1 Å². The van der Waals surface area contributed by atoms with Gasteiger partial charge in [0.05, 0.1) is 22.1 Å². The standard InChI is InChI=1S/C12H9Br2ClN2/c13-7-3-1-4-8(14)12(7)17-10-6-2-5-9(15)11(10)16/h1-6,17H,16H2. The summed E-state index contributed by atoms with van der Waals surface area (Å²) in [5.41, 5.74) is 8.14. The normalized spacial score (nSPS) is 10.3. The van der Waals surface area contributed by atoms with E-state index in [4.69, 9.17) is 17.3 Å². The molecule has 17 heavy (non-hydrogen) atoms. The Bertz CT molecular complexity index is 538. The van der Waals surface area contributed by atoms with Gasteiger partial charge < -0.3 is 11.1 Å². The third-order valence-corrected chi connectivity index (χ3v) is 3.93. The summed E-state index contributed by atoms with van der Waals surface area (Å²) >= 11 is 12.9.